The van der Waals surface area contributed by atoms with Gasteiger partial charge in [-0.25, -0.2) is 5.43 Å². The largest absolute Gasteiger partial charge is 0.493 e. The minimum absolute atomic E-state index is 0.0321. The van der Waals surface area contributed by atoms with Crippen LogP contribution in [0.1, 0.15) is 30.9 Å². The number of hydrazone groups is 1. The van der Waals surface area contributed by atoms with Crippen LogP contribution in [-0.2, 0) is 9.59 Å². The Balaban J connectivity index is 1.82. The molecule has 0 radical (unpaired) electrons. The van der Waals surface area contributed by atoms with Crippen LogP contribution in [0.25, 0.3) is 0 Å². The number of anilines is 1. The van der Waals surface area contributed by atoms with E-state index in [9.17, 15) is 22.8 Å². The van der Waals surface area contributed by atoms with Gasteiger partial charge in [0.2, 0.25) is 5.91 Å². The third-order valence-corrected chi connectivity index (χ3v) is 4.32. The maximum absolute atomic E-state index is 12.4. The molecule has 0 fully saturated rings. The first-order valence-electron chi connectivity index (χ1n) is 9.27. The molecular formula is C21H21ClF3N3O3. The SMILES string of the molecule is C/C(=N\NC(=O)CCCOc1ccc(Cl)cc1C)c1cccc(NC(=O)C(F)(F)F)c1. The van der Waals surface area contributed by atoms with Crippen LogP contribution in [0.5, 0.6) is 5.75 Å². The van der Waals surface area contributed by atoms with Gasteiger partial charge in [0.15, 0.2) is 0 Å². The number of hydrogen-bond donors (Lipinski definition) is 2. The van der Waals surface area contributed by atoms with Gasteiger partial charge >= 0.3 is 12.1 Å². The smallest absolute Gasteiger partial charge is 0.471 e. The van der Waals surface area contributed by atoms with E-state index in [1.54, 1.807) is 36.5 Å². The second-order valence-electron chi connectivity index (χ2n) is 6.63. The third kappa shape index (κ3) is 7.93. The van der Waals surface area contributed by atoms with Crippen LogP contribution in [0.4, 0.5) is 18.9 Å². The van der Waals surface area contributed by atoms with Gasteiger partial charge in [0, 0.05) is 17.1 Å². The molecular weight excluding hydrogens is 435 g/mol. The van der Waals surface area contributed by atoms with Crippen LogP contribution >= 0.6 is 11.6 Å². The third-order valence-electron chi connectivity index (χ3n) is 4.09. The summed E-state index contributed by atoms with van der Waals surface area (Å²) in [5.74, 6) is -1.71. The molecule has 31 heavy (non-hydrogen) atoms. The number of benzene rings is 2. The van der Waals surface area contributed by atoms with Crippen LogP contribution in [0.2, 0.25) is 5.02 Å². The standard InChI is InChI=1S/C21H21ClF3N3O3/c1-13-11-16(22)8-9-18(13)31-10-4-7-19(29)28-27-14(2)15-5-3-6-17(12-15)26-20(30)21(23,24)25/h3,5-6,8-9,11-12H,4,7,10H2,1-2H3,(H,26,30)(H,28,29)/b27-14+. The molecule has 2 rings (SSSR count). The molecule has 6 nitrogen and oxygen atoms in total. The second kappa shape index (κ2) is 10.8. The summed E-state index contributed by atoms with van der Waals surface area (Å²) >= 11 is 5.89. The number of halogens is 4. The fraction of sp³-hybridized carbons (Fsp3) is 0.286. The highest BCUT2D eigenvalue weighted by molar-refractivity contribution is 6.30. The molecule has 0 saturated heterocycles. The average molecular weight is 456 g/mol. The van der Waals surface area contributed by atoms with Gasteiger partial charge in [-0.3, -0.25) is 9.59 Å². The van der Waals surface area contributed by atoms with Gasteiger partial charge in [0.25, 0.3) is 0 Å². The number of ether oxygens (including phenoxy) is 1. The Labute approximate surface area is 182 Å². The molecule has 0 aliphatic carbocycles. The Hall–Kier alpha value is -3.07. The lowest BCUT2D eigenvalue weighted by molar-refractivity contribution is -0.167. The van der Waals surface area contributed by atoms with E-state index in [-0.39, 0.29) is 18.0 Å². The minimum atomic E-state index is -4.98. The highest BCUT2D eigenvalue weighted by Crippen LogP contribution is 2.22. The zero-order chi connectivity index (χ0) is 23.0. The van der Waals surface area contributed by atoms with E-state index in [4.69, 9.17) is 16.3 Å². The van der Waals surface area contributed by atoms with Gasteiger partial charge in [-0.1, -0.05) is 23.7 Å². The van der Waals surface area contributed by atoms with E-state index >= 15 is 0 Å². The fourth-order valence-electron chi connectivity index (χ4n) is 2.48. The number of amides is 2. The monoisotopic (exact) mass is 455 g/mol. The van der Waals surface area contributed by atoms with E-state index in [0.717, 1.165) is 5.56 Å². The quantitative estimate of drug-likeness (QED) is 0.339. The molecule has 0 saturated carbocycles. The molecule has 2 aromatic rings. The number of carbonyl (C=O) groups is 2. The summed E-state index contributed by atoms with van der Waals surface area (Å²) in [6, 6.07) is 11.0. The van der Waals surface area contributed by atoms with Crippen molar-refractivity contribution in [1.29, 1.82) is 0 Å². The number of alkyl halides is 3. The van der Waals surface area contributed by atoms with Gasteiger partial charge in [-0.2, -0.15) is 18.3 Å². The highest BCUT2D eigenvalue weighted by atomic mass is 35.5. The molecule has 0 heterocycles. The van der Waals surface area contributed by atoms with Crippen molar-refractivity contribution in [3.8, 4) is 5.75 Å². The molecule has 0 aliphatic rings. The summed E-state index contributed by atoms with van der Waals surface area (Å²) in [7, 11) is 0. The molecule has 2 N–H and O–H groups in total. The Morgan fingerprint density at radius 3 is 2.58 bits per heavy atom. The van der Waals surface area contributed by atoms with E-state index in [1.165, 1.54) is 18.2 Å². The number of nitrogens with zero attached hydrogens (tertiary/aromatic N) is 1. The molecule has 0 unspecified atom stereocenters. The van der Waals surface area contributed by atoms with E-state index in [2.05, 4.69) is 10.5 Å². The summed E-state index contributed by atoms with van der Waals surface area (Å²) in [6.45, 7) is 3.78. The first-order valence-corrected chi connectivity index (χ1v) is 9.65. The van der Waals surface area contributed by atoms with Gasteiger partial charge in [-0.05, 0) is 61.7 Å². The lowest BCUT2D eigenvalue weighted by Gasteiger charge is -2.10. The lowest BCUT2D eigenvalue weighted by Crippen LogP contribution is -2.29. The van der Waals surface area contributed by atoms with Crippen molar-refractivity contribution in [2.45, 2.75) is 32.9 Å². The molecule has 0 bridgehead atoms. The topological polar surface area (TPSA) is 79.8 Å². The number of carbonyl (C=O) groups excluding carboxylic acids is 2. The number of hydrogen-bond acceptors (Lipinski definition) is 4. The van der Waals surface area contributed by atoms with Crippen molar-refractivity contribution in [3.63, 3.8) is 0 Å². The molecule has 0 aliphatic heterocycles. The summed E-state index contributed by atoms with van der Waals surface area (Å²) in [6.07, 6.45) is -4.35. The van der Waals surface area contributed by atoms with Crippen molar-refractivity contribution < 1.29 is 27.5 Å². The molecule has 166 valence electrons. The number of aryl methyl sites for hydroxylation is 1. The van der Waals surface area contributed by atoms with Crippen molar-refractivity contribution in [1.82, 2.24) is 5.43 Å². The van der Waals surface area contributed by atoms with Gasteiger partial charge in [0.1, 0.15) is 5.75 Å². The zero-order valence-electron chi connectivity index (χ0n) is 16.8. The normalized spacial score (nSPS) is 11.7. The van der Waals surface area contributed by atoms with Gasteiger partial charge in [-0.15, -0.1) is 0 Å². The maximum Gasteiger partial charge on any atom is 0.471 e. The highest BCUT2D eigenvalue weighted by Gasteiger charge is 2.38. The summed E-state index contributed by atoms with van der Waals surface area (Å²) in [5.41, 5.74) is 4.07. The first-order chi connectivity index (χ1) is 14.6. The Kier molecular flexibility index (Phi) is 8.44. The van der Waals surface area contributed by atoms with Gasteiger partial charge < -0.3 is 10.1 Å². The number of nitrogens with one attached hydrogen (secondary N) is 2. The van der Waals surface area contributed by atoms with E-state index < -0.39 is 12.1 Å². The Bertz CT molecular complexity index is 978. The van der Waals surface area contributed by atoms with Crippen LogP contribution in [0.3, 0.4) is 0 Å². The summed E-state index contributed by atoms with van der Waals surface area (Å²) in [4.78, 5) is 23.0. The number of rotatable bonds is 8. The summed E-state index contributed by atoms with van der Waals surface area (Å²) < 4.78 is 42.7. The average Bonchev–Trinajstić information content (AvgIpc) is 2.70. The van der Waals surface area contributed by atoms with Crippen molar-refractivity contribution >= 4 is 34.8 Å². The Morgan fingerprint density at radius 1 is 1.16 bits per heavy atom. The minimum Gasteiger partial charge on any atom is -0.493 e. The van der Waals surface area contributed by atoms with Crippen molar-refractivity contribution in [2.75, 3.05) is 11.9 Å². The maximum atomic E-state index is 12.4. The first kappa shape index (κ1) is 24.2. The van der Waals surface area contributed by atoms with Crippen molar-refractivity contribution in [2.24, 2.45) is 5.10 Å². The molecule has 2 aromatic carbocycles. The predicted octanol–water partition coefficient (Wildman–Crippen LogP) is 4.85. The molecule has 0 spiro atoms. The molecule has 0 aromatic heterocycles. The van der Waals surface area contributed by atoms with Crippen LogP contribution in [0.15, 0.2) is 47.6 Å². The molecule has 10 heteroatoms. The van der Waals surface area contributed by atoms with E-state index in [1.807, 2.05) is 6.92 Å². The summed E-state index contributed by atoms with van der Waals surface area (Å²) in [5, 5.41) is 6.34. The lowest BCUT2D eigenvalue weighted by atomic mass is 10.1. The van der Waals surface area contributed by atoms with Crippen LogP contribution < -0.4 is 15.5 Å². The van der Waals surface area contributed by atoms with Crippen LogP contribution in [0, 0.1) is 6.92 Å². The zero-order valence-corrected chi connectivity index (χ0v) is 17.6. The van der Waals surface area contributed by atoms with Crippen molar-refractivity contribution in [3.05, 3.63) is 58.6 Å². The fourth-order valence-corrected chi connectivity index (χ4v) is 2.71. The van der Waals surface area contributed by atoms with Gasteiger partial charge in [0.05, 0.1) is 12.3 Å². The Morgan fingerprint density at radius 2 is 1.90 bits per heavy atom. The predicted molar refractivity (Wildman–Crippen MR) is 112 cm³/mol. The second-order valence-corrected chi connectivity index (χ2v) is 7.06. The van der Waals surface area contributed by atoms with E-state index in [0.29, 0.717) is 35.1 Å². The molecule has 2 amide bonds. The van der Waals surface area contributed by atoms with Crippen LogP contribution in [-0.4, -0.2) is 30.3 Å². The molecule has 0 atom stereocenters.